The first-order chi connectivity index (χ1) is 13.9. The minimum absolute atomic E-state index is 0.00463. The number of nitrogens with zero attached hydrogens (tertiary/aromatic N) is 3. The predicted molar refractivity (Wildman–Crippen MR) is 115 cm³/mol. The van der Waals surface area contributed by atoms with Gasteiger partial charge in [-0.1, -0.05) is 18.2 Å². The molecule has 1 atom stereocenters. The van der Waals surface area contributed by atoms with Crippen molar-refractivity contribution < 1.29 is 13.6 Å². The molecule has 8 nitrogen and oxygen atoms in total. The Hall–Kier alpha value is -2.82. The summed E-state index contributed by atoms with van der Waals surface area (Å²) < 4.78 is 23.4. The Labute approximate surface area is 175 Å². The predicted octanol–water partition coefficient (Wildman–Crippen LogP) is 3.15. The number of carbonyl (C=O) groups is 1. The number of aromatic nitrogens is 2. The Balaban J connectivity index is 1.75. The number of allylic oxidation sites excluding steroid dienone is 2. The Bertz CT molecular complexity index is 1070. The van der Waals surface area contributed by atoms with E-state index in [0.717, 1.165) is 22.6 Å². The van der Waals surface area contributed by atoms with E-state index >= 15 is 0 Å². The van der Waals surface area contributed by atoms with E-state index in [1.807, 2.05) is 67.4 Å². The summed E-state index contributed by atoms with van der Waals surface area (Å²) in [4.78, 5) is 19.4. The molecule has 0 amide bonds. The van der Waals surface area contributed by atoms with Crippen LogP contribution in [0.3, 0.4) is 0 Å². The van der Waals surface area contributed by atoms with Crippen molar-refractivity contribution in [3.63, 3.8) is 0 Å². The molecule has 2 aromatic carbocycles. The Morgan fingerprint density at radius 2 is 1.97 bits per heavy atom. The molecule has 0 bridgehead atoms. The zero-order valence-electron chi connectivity index (χ0n) is 16.1. The number of anilines is 1. The summed E-state index contributed by atoms with van der Waals surface area (Å²) in [5.41, 5.74) is 3.41. The number of hydrogen-bond acceptors (Lipinski definition) is 7. The average molecular weight is 432 g/mol. The zero-order chi connectivity index (χ0) is 21.0. The first-order valence-corrected chi connectivity index (χ1v) is 10.5. The van der Waals surface area contributed by atoms with E-state index in [2.05, 4.69) is 14.7 Å². The highest BCUT2D eigenvalue weighted by molar-refractivity contribution is 7.97. The van der Waals surface area contributed by atoms with E-state index in [4.69, 9.17) is 4.55 Å². The third-order valence-electron chi connectivity index (χ3n) is 4.45. The van der Waals surface area contributed by atoms with Gasteiger partial charge in [0, 0.05) is 19.0 Å². The van der Waals surface area contributed by atoms with Crippen molar-refractivity contribution in [2.24, 2.45) is 0 Å². The lowest BCUT2D eigenvalue weighted by atomic mass is 10.3. The van der Waals surface area contributed by atoms with Gasteiger partial charge in [-0.15, -0.1) is 0 Å². The molecular weight excluding hydrogens is 410 g/mol. The summed E-state index contributed by atoms with van der Waals surface area (Å²) in [5, 5.41) is 3.83. The number of imidazole rings is 1. The van der Waals surface area contributed by atoms with Crippen LogP contribution in [0.25, 0.3) is 11.0 Å². The van der Waals surface area contributed by atoms with Crippen molar-refractivity contribution in [1.82, 2.24) is 19.7 Å². The van der Waals surface area contributed by atoms with Gasteiger partial charge in [-0.25, -0.2) is 9.19 Å². The van der Waals surface area contributed by atoms with Gasteiger partial charge in [-0.3, -0.25) is 19.4 Å². The number of hydrazine groups is 1. The number of carbonyl (C=O) groups excluding carboxylic acids is 1. The van der Waals surface area contributed by atoms with Crippen LogP contribution in [-0.2, 0) is 15.9 Å². The second-order valence-electron chi connectivity index (χ2n) is 6.17. The van der Waals surface area contributed by atoms with Crippen molar-refractivity contribution in [3.8, 4) is 0 Å². The van der Waals surface area contributed by atoms with E-state index < -0.39 is 11.1 Å². The van der Waals surface area contributed by atoms with Crippen molar-refractivity contribution >= 4 is 46.0 Å². The summed E-state index contributed by atoms with van der Waals surface area (Å²) >= 11 is -0.897. The molecule has 0 saturated carbocycles. The van der Waals surface area contributed by atoms with E-state index in [9.17, 15) is 9.00 Å². The normalized spacial score (nSPS) is 13.0. The maximum absolute atomic E-state index is 11.7. The van der Waals surface area contributed by atoms with Gasteiger partial charge < -0.3 is 9.71 Å². The number of rotatable bonds is 8. The van der Waals surface area contributed by atoms with Crippen molar-refractivity contribution in [2.45, 2.75) is 17.0 Å². The number of H-pyrrole nitrogens is 1. The van der Waals surface area contributed by atoms with Gasteiger partial charge in [0.1, 0.15) is 5.70 Å². The van der Waals surface area contributed by atoms with Crippen LogP contribution < -0.4 is 9.73 Å². The molecule has 0 spiro atoms. The minimum Gasteiger partial charge on any atom is -0.329 e. The molecule has 3 N–H and O–H groups in total. The SMILES string of the molecule is C/C(=C(/C=O)NSc1ccc2nc(S(=O)O)[nH]c2c1)N(C)N(C)c1ccccc1. The average Bonchev–Trinajstić information content (AvgIpc) is 3.17. The van der Waals surface area contributed by atoms with Crippen molar-refractivity contribution in [2.75, 3.05) is 19.1 Å². The molecule has 1 unspecified atom stereocenters. The standard InChI is InChI=1S/C19H21N5O3S2/c1-13(23(2)24(3)14-7-5-4-6-8-14)18(12-25)22-28-15-9-10-16-17(11-15)21-19(20-16)29(26)27/h4-12,22H,1-3H3,(H,20,21)(H,26,27)/b18-13+. The molecule has 0 aliphatic rings. The van der Waals surface area contributed by atoms with Gasteiger partial charge in [0.2, 0.25) is 16.2 Å². The second-order valence-corrected chi connectivity index (χ2v) is 7.94. The summed E-state index contributed by atoms with van der Waals surface area (Å²) in [6, 6.07) is 15.2. The maximum Gasteiger partial charge on any atom is 0.225 e. The van der Waals surface area contributed by atoms with Gasteiger partial charge in [0.05, 0.1) is 22.4 Å². The molecule has 3 aromatic rings. The van der Waals surface area contributed by atoms with Gasteiger partial charge in [0.25, 0.3) is 0 Å². The molecule has 0 radical (unpaired) electrons. The quantitative estimate of drug-likeness (QED) is 0.164. The zero-order valence-corrected chi connectivity index (χ0v) is 17.8. The summed E-state index contributed by atoms with van der Waals surface area (Å²) in [6.45, 7) is 1.86. The minimum atomic E-state index is -2.17. The number of para-hydroxylation sites is 1. The van der Waals surface area contributed by atoms with Crippen molar-refractivity contribution in [3.05, 3.63) is 59.9 Å². The lowest BCUT2D eigenvalue weighted by molar-refractivity contribution is -0.105. The smallest absolute Gasteiger partial charge is 0.225 e. The molecule has 0 fully saturated rings. The number of aromatic amines is 1. The second kappa shape index (κ2) is 9.12. The lowest BCUT2D eigenvalue weighted by Gasteiger charge is -2.33. The topological polar surface area (TPSA) is 102 Å². The van der Waals surface area contributed by atoms with Gasteiger partial charge in [-0.2, -0.15) is 0 Å². The number of nitrogens with one attached hydrogen (secondary N) is 2. The van der Waals surface area contributed by atoms with E-state index in [1.165, 1.54) is 11.9 Å². The first-order valence-electron chi connectivity index (χ1n) is 8.62. The first kappa shape index (κ1) is 20.9. The van der Waals surface area contributed by atoms with Crippen LogP contribution in [0.15, 0.2) is 70.0 Å². The van der Waals surface area contributed by atoms with E-state index in [0.29, 0.717) is 16.7 Å². The Morgan fingerprint density at radius 3 is 2.62 bits per heavy atom. The molecule has 0 saturated heterocycles. The number of fused-ring (bicyclic) bond motifs is 1. The molecule has 0 aliphatic carbocycles. The summed E-state index contributed by atoms with van der Waals surface area (Å²) in [5.74, 6) is 0. The molecule has 1 heterocycles. The fraction of sp³-hybridized carbons (Fsp3) is 0.158. The van der Waals surface area contributed by atoms with Crippen LogP contribution in [0, 0.1) is 0 Å². The highest BCUT2D eigenvalue weighted by atomic mass is 32.2. The van der Waals surface area contributed by atoms with Crippen LogP contribution in [0.2, 0.25) is 0 Å². The Kier molecular flexibility index (Phi) is 6.57. The van der Waals surface area contributed by atoms with Gasteiger partial charge in [0.15, 0.2) is 6.29 Å². The van der Waals surface area contributed by atoms with E-state index in [-0.39, 0.29) is 5.16 Å². The fourth-order valence-corrected chi connectivity index (χ4v) is 3.74. The largest absolute Gasteiger partial charge is 0.329 e. The Morgan fingerprint density at radius 1 is 1.24 bits per heavy atom. The fourth-order valence-electron chi connectivity index (χ4n) is 2.62. The monoisotopic (exact) mass is 431 g/mol. The van der Waals surface area contributed by atoms with E-state index in [1.54, 1.807) is 12.1 Å². The van der Waals surface area contributed by atoms with Gasteiger partial charge >= 0.3 is 0 Å². The van der Waals surface area contributed by atoms with Gasteiger partial charge in [-0.05, 0) is 49.2 Å². The van der Waals surface area contributed by atoms with Crippen LogP contribution >= 0.6 is 11.9 Å². The molecule has 10 heteroatoms. The third-order valence-corrected chi connectivity index (χ3v) is 5.78. The highest BCUT2D eigenvalue weighted by Crippen LogP contribution is 2.23. The van der Waals surface area contributed by atoms with Crippen LogP contribution in [0.5, 0.6) is 0 Å². The number of benzene rings is 2. The maximum atomic E-state index is 11.7. The molecule has 0 aliphatic heterocycles. The van der Waals surface area contributed by atoms with Crippen LogP contribution in [-0.4, -0.2) is 44.1 Å². The van der Waals surface area contributed by atoms with Crippen LogP contribution in [0.1, 0.15) is 6.92 Å². The third kappa shape index (κ3) is 4.78. The van der Waals surface area contributed by atoms with Crippen molar-refractivity contribution in [1.29, 1.82) is 0 Å². The molecule has 152 valence electrons. The highest BCUT2D eigenvalue weighted by Gasteiger charge is 2.13. The molecule has 29 heavy (non-hydrogen) atoms. The number of aldehydes is 1. The number of hydrogen-bond donors (Lipinski definition) is 3. The molecule has 1 aromatic heterocycles. The lowest BCUT2D eigenvalue weighted by Crippen LogP contribution is -2.36. The summed E-state index contributed by atoms with van der Waals surface area (Å²) in [6.07, 6.45) is 0.777. The van der Waals surface area contributed by atoms with Crippen LogP contribution in [0.4, 0.5) is 5.69 Å². The molecular formula is C19H21N5O3S2. The summed E-state index contributed by atoms with van der Waals surface area (Å²) in [7, 11) is 3.80. The molecule has 3 rings (SSSR count).